The molecule has 6 nitrogen and oxygen atoms in total. The van der Waals surface area contributed by atoms with Crippen LogP contribution in [0.2, 0.25) is 0 Å². The molecule has 16 heavy (non-hydrogen) atoms. The van der Waals surface area contributed by atoms with Crippen LogP contribution in [0.5, 0.6) is 0 Å². The molecule has 2 aromatic rings. The minimum Gasteiger partial charge on any atom is -0.313 e. The van der Waals surface area contributed by atoms with Crippen LogP contribution in [0.4, 0.5) is 0 Å². The minimum absolute atomic E-state index is 0.298. The molecule has 0 radical (unpaired) electrons. The molecule has 0 spiro atoms. The molecule has 0 aliphatic heterocycles. The third-order valence-corrected chi connectivity index (χ3v) is 2.53. The summed E-state index contributed by atoms with van der Waals surface area (Å²) < 4.78 is 4.17. The van der Waals surface area contributed by atoms with Crippen molar-refractivity contribution >= 4 is 11.2 Å². The number of imidazole rings is 1. The van der Waals surface area contributed by atoms with Gasteiger partial charge in [0.15, 0.2) is 5.52 Å². The number of aromatic nitrogens is 4. The van der Waals surface area contributed by atoms with Crippen molar-refractivity contribution in [1.82, 2.24) is 18.7 Å². The largest absolute Gasteiger partial charge is 0.332 e. The van der Waals surface area contributed by atoms with Crippen molar-refractivity contribution in [3.63, 3.8) is 0 Å². The maximum Gasteiger partial charge on any atom is 0.332 e. The Morgan fingerprint density at radius 2 is 2.06 bits per heavy atom. The zero-order valence-electron chi connectivity index (χ0n) is 9.17. The first-order chi connectivity index (χ1) is 7.57. The molecule has 84 valence electrons. The third kappa shape index (κ3) is 1.23. The minimum atomic E-state index is -0.374. The first-order valence-corrected chi connectivity index (χ1v) is 4.79. The van der Waals surface area contributed by atoms with Crippen molar-refractivity contribution in [2.24, 2.45) is 14.1 Å². The molecular weight excluding hydrogens is 208 g/mol. The average Bonchev–Trinajstić information content (AvgIpc) is 2.68. The van der Waals surface area contributed by atoms with E-state index in [1.807, 2.05) is 0 Å². The maximum absolute atomic E-state index is 11.8. The van der Waals surface area contributed by atoms with Gasteiger partial charge in [-0.25, -0.2) is 9.78 Å². The van der Waals surface area contributed by atoms with Crippen LogP contribution in [0.15, 0.2) is 28.6 Å². The second-order valence-electron chi connectivity index (χ2n) is 3.56. The van der Waals surface area contributed by atoms with Crippen molar-refractivity contribution in [3.8, 4) is 0 Å². The molecule has 0 amide bonds. The molecule has 0 saturated carbocycles. The van der Waals surface area contributed by atoms with E-state index in [1.165, 1.54) is 17.9 Å². The molecular formula is C10H12N4O2. The predicted molar refractivity (Wildman–Crippen MR) is 60.4 cm³/mol. The van der Waals surface area contributed by atoms with E-state index in [2.05, 4.69) is 11.6 Å². The van der Waals surface area contributed by atoms with Gasteiger partial charge in [-0.2, -0.15) is 0 Å². The molecule has 0 fully saturated rings. The number of hydrogen-bond acceptors (Lipinski definition) is 3. The van der Waals surface area contributed by atoms with Crippen molar-refractivity contribution < 1.29 is 0 Å². The Morgan fingerprint density at radius 3 is 2.69 bits per heavy atom. The highest BCUT2D eigenvalue weighted by atomic mass is 16.2. The standard InChI is InChI=1S/C10H12N4O2/c1-4-5-14-6-11-7-8(14)12(2)10(16)13(3)9(7)15/h4,6H,1,5H2,2-3H3. The normalized spacial score (nSPS) is 10.9. The Hall–Kier alpha value is -2.11. The van der Waals surface area contributed by atoms with Crippen molar-refractivity contribution in [2.75, 3.05) is 0 Å². The predicted octanol–water partition coefficient (Wildman–Crippen LogP) is -0.380. The molecule has 0 aliphatic rings. The van der Waals surface area contributed by atoms with Crippen LogP contribution in [-0.4, -0.2) is 18.7 Å². The Labute approximate surface area is 91.1 Å². The van der Waals surface area contributed by atoms with Gasteiger partial charge in [-0.1, -0.05) is 6.08 Å². The summed E-state index contributed by atoms with van der Waals surface area (Å²) in [5.41, 5.74) is 0.0867. The molecule has 2 heterocycles. The summed E-state index contributed by atoms with van der Waals surface area (Å²) in [6.07, 6.45) is 3.22. The van der Waals surface area contributed by atoms with Crippen LogP contribution in [0.25, 0.3) is 11.2 Å². The van der Waals surface area contributed by atoms with Gasteiger partial charge in [-0.15, -0.1) is 6.58 Å². The van der Waals surface area contributed by atoms with Crippen LogP contribution < -0.4 is 11.2 Å². The summed E-state index contributed by atoms with van der Waals surface area (Å²) in [6.45, 7) is 4.13. The van der Waals surface area contributed by atoms with E-state index in [4.69, 9.17) is 0 Å². The second-order valence-corrected chi connectivity index (χ2v) is 3.56. The molecule has 0 aliphatic carbocycles. The number of fused-ring (bicyclic) bond motifs is 1. The van der Waals surface area contributed by atoms with Crippen LogP contribution in [0.3, 0.4) is 0 Å². The first kappa shape index (κ1) is 10.4. The van der Waals surface area contributed by atoms with Gasteiger partial charge in [0.1, 0.15) is 5.65 Å². The molecule has 2 aromatic heterocycles. The molecule has 6 heteroatoms. The van der Waals surface area contributed by atoms with Crippen LogP contribution in [0.1, 0.15) is 0 Å². The van der Waals surface area contributed by atoms with Gasteiger partial charge in [0, 0.05) is 20.6 Å². The fourth-order valence-electron chi connectivity index (χ4n) is 1.71. The van der Waals surface area contributed by atoms with Gasteiger partial charge in [0.05, 0.1) is 6.33 Å². The molecule has 0 aromatic carbocycles. The van der Waals surface area contributed by atoms with E-state index >= 15 is 0 Å². The van der Waals surface area contributed by atoms with Crippen LogP contribution >= 0.6 is 0 Å². The lowest BCUT2D eigenvalue weighted by Crippen LogP contribution is -2.37. The topological polar surface area (TPSA) is 61.8 Å². The van der Waals surface area contributed by atoms with E-state index in [1.54, 1.807) is 17.7 Å². The molecule has 0 unspecified atom stereocenters. The van der Waals surface area contributed by atoms with Crippen LogP contribution in [0, 0.1) is 0 Å². The zero-order chi connectivity index (χ0) is 11.9. The van der Waals surface area contributed by atoms with Gasteiger partial charge >= 0.3 is 5.69 Å². The van der Waals surface area contributed by atoms with Crippen LogP contribution in [-0.2, 0) is 20.6 Å². The fraction of sp³-hybridized carbons (Fsp3) is 0.300. The zero-order valence-corrected chi connectivity index (χ0v) is 9.17. The Morgan fingerprint density at radius 1 is 1.38 bits per heavy atom. The van der Waals surface area contributed by atoms with Crippen molar-refractivity contribution in [1.29, 1.82) is 0 Å². The Bertz CT molecular complexity index is 674. The molecule has 0 saturated heterocycles. The molecule has 2 rings (SSSR count). The highest BCUT2D eigenvalue weighted by Gasteiger charge is 2.12. The second kappa shape index (κ2) is 3.48. The third-order valence-electron chi connectivity index (χ3n) is 2.53. The van der Waals surface area contributed by atoms with Gasteiger partial charge in [0.2, 0.25) is 0 Å². The molecule has 0 N–H and O–H groups in total. The summed E-state index contributed by atoms with van der Waals surface area (Å²) >= 11 is 0. The number of rotatable bonds is 2. The SMILES string of the molecule is C=CCn1cnc2c(=O)n(C)c(=O)n(C)c21. The van der Waals surface area contributed by atoms with Gasteiger partial charge in [-0.3, -0.25) is 13.9 Å². The number of aryl methyl sites for hydroxylation is 1. The number of hydrogen-bond donors (Lipinski definition) is 0. The lowest BCUT2D eigenvalue weighted by molar-refractivity contribution is 0.691. The van der Waals surface area contributed by atoms with Crippen molar-refractivity contribution in [3.05, 3.63) is 39.8 Å². The molecule has 0 bridgehead atoms. The first-order valence-electron chi connectivity index (χ1n) is 4.79. The van der Waals surface area contributed by atoms with E-state index in [0.717, 1.165) is 4.57 Å². The summed E-state index contributed by atoms with van der Waals surface area (Å²) in [4.78, 5) is 27.5. The Kier molecular flexibility index (Phi) is 2.26. The van der Waals surface area contributed by atoms with E-state index in [9.17, 15) is 9.59 Å². The Balaban J connectivity index is 3.00. The number of nitrogens with zero attached hydrogens (tertiary/aromatic N) is 4. The highest BCUT2D eigenvalue weighted by Crippen LogP contribution is 2.05. The smallest absolute Gasteiger partial charge is 0.313 e. The highest BCUT2D eigenvalue weighted by molar-refractivity contribution is 5.69. The van der Waals surface area contributed by atoms with Gasteiger partial charge in [0.25, 0.3) is 5.56 Å². The fourth-order valence-corrected chi connectivity index (χ4v) is 1.71. The van der Waals surface area contributed by atoms with E-state index < -0.39 is 0 Å². The maximum atomic E-state index is 11.8. The summed E-state index contributed by atoms with van der Waals surface area (Å²) in [5, 5.41) is 0. The quantitative estimate of drug-likeness (QED) is 0.648. The van der Waals surface area contributed by atoms with Gasteiger partial charge < -0.3 is 4.57 Å². The van der Waals surface area contributed by atoms with E-state index in [0.29, 0.717) is 17.7 Å². The lowest BCUT2D eigenvalue weighted by Gasteiger charge is -2.06. The van der Waals surface area contributed by atoms with Crippen molar-refractivity contribution in [2.45, 2.75) is 6.54 Å². The van der Waals surface area contributed by atoms with E-state index in [-0.39, 0.29) is 11.2 Å². The molecule has 0 atom stereocenters. The summed E-state index contributed by atoms with van der Waals surface area (Å²) in [7, 11) is 3.06. The average molecular weight is 220 g/mol. The summed E-state index contributed by atoms with van der Waals surface area (Å²) in [5.74, 6) is 0. The lowest BCUT2D eigenvalue weighted by atomic mass is 10.5. The monoisotopic (exact) mass is 220 g/mol. The summed E-state index contributed by atoms with van der Waals surface area (Å²) in [6, 6.07) is 0. The van der Waals surface area contributed by atoms with Gasteiger partial charge in [-0.05, 0) is 0 Å². The number of allylic oxidation sites excluding steroid dienone is 1.